The second-order valence-corrected chi connectivity index (χ2v) is 6.51. The molecule has 0 bridgehead atoms. The highest BCUT2D eigenvalue weighted by molar-refractivity contribution is 5.45. The summed E-state index contributed by atoms with van der Waals surface area (Å²) in [6.07, 6.45) is 2.58. The molecule has 0 aliphatic heterocycles. The lowest BCUT2D eigenvalue weighted by Gasteiger charge is -2.31. The van der Waals surface area contributed by atoms with Gasteiger partial charge in [-0.1, -0.05) is 48.9 Å². The fourth-order valence-electron chi connectivity index (χ4n) is 3.49. The lowest BCUT2D eigenvalue weighted by atomic mass is 9.74. The van der Waals surface area contributed by atoms with Crippen LogP contribution in [0.4, 0.5) is 0 Å². The van der Waals surface area contributed by atoms with Crippen LogP contribution >= 0.6 is 0 Å². The number of rotatable bonds is 1. The van der Waals surface area contributed by atoms with Gasteiger partial charge in [0.25, 0.3) is 0 Å². The van der Waals surface area contributed by atoms with Crippen LogP contribution in [0.15, 0.2) is 36.4 Å². The molecule has 0 radical (unpaired) electrons. The van der Waals surface area contributed by atoms with Gasteiger partial charge in [-0.3, -0.25) is 0 Å². The van der Waals surface area contributed by atoms with Crippen molar-refractivity contribution in [3.05, 3.63) is 69.8 Å². The highest BCUT2D eigenvalue weighted by atomic mass is 14.3. The summed E-state index contributed by atoms with van der Waals surface area (Å²) in [6.45, 7) is 8.99. The van der Waals surface area contributed by atoms with E-state index in [9.17, 15) is 0 Å². The molecule has 2 aromatic rings. The van der Waals surface area contributed by atoms with Gasteiger partial charge >= 0.3 is 0 Å². The van der Waals surface area contributed by atoms with Crippen molar-refractivity contribution in [3.63, 3.8) is 0 Å². The summed E-state index contributed by atoms with van der Waals surface area (Å²) in [5.74, 6) is 1.29. The third kappa shape index (κ3) is 2.28. The fourth-order valence-corrected chi connectivity index (χ4v) is 3.49. The van der Waals surface area contributed by atoms with Crippen LogP contribution in [0.3, 0.4) is 0 Å². The second kappa shape index (κ2) is 5.09. The maximum absolute atomic E-state index is 2.40. The van der Waals surface area contributed by atoms with E-state index in [4.69, 9.17) is 0 Å². The van der Waals surface area contributed by atoms with E-state index in [0.717, 1.165) is 0 Å². The van der Waals surface area contributed by atoms with Gasteiger partial charge < -0.3 is 0 Å². The summed E-state index contributed by atoms with van der Waals surface area (Å²) in [5, 5.41) is 0. The molecule has 0 aromatic heterocycles. The molecule has 0 heterocycles. The molecule has 20 heavy (non-hydrogen) atoms. The first-order chi connectivity index (χ1) is 9.56. The normalized spacial score (nSPS) is 21.6. The van der Waals surface area contributed by atoms with Gasteiger partial charge in [0.2, 0.25) is 0 Å². The molecule has 0 nitrogen and oxygen atoms in total. The van der Waals surface area contributed by atoms with Crippen molar-refractivity contribution in [2.45, 2.75) is 52.4 Å². The SMILES string of the molecule is Cc1ccc2c(c1)C(C)CCC2c1ccc(C)c(C)c1. The monoisotopic (exact) mass is 264 g/mol. The van der Waals surface area contributed by atoms with Crippen LogP contribution in [0, 0.1) is 20.8 Å². The van der Waals surface area contributed by atoms with E-state index < -0.39 is 0 Å². The van der Waals surface area contributed by atoms with Crippen LogP contribution in [0.5, 0.6) is 0 Å². The van der Waals surface area contributed by atoms with E-state index >= 15 is 0 Å². The van der Waals surface area contributed by atoms with E-state index in [0.29, 0.717) is 11.8 Å². The molecule has 2 atom stereocenters. The van der Waals surface area contributed by atoms with Crippen LogP contribution in [0.1, 0.15) is 65.0 Å². The van der Waals surface area contributed by atoms with E-state index in [1.807, 2.05) is 0 Å². The molecule has 104 valence electrons. The summed E-state index contributed by atoms with van der Waals surface area (Å²) in [7, 11) is 0. The Morgan fingerprint density at radius 2 is 1.60 bits per heavy atom. The Hall–Kier alpha value is -1.56. The van der Waals surface area contributed by atoms with Crippen LogP contribution < -0.4 is 0 Å². The van der Waals surface area contributed by atoms with Crippen LogP contribution in [-0.2, 0) is 0 Å². The maximum atomic E-state index is 2.40. The van der Waals surface area contributed by atoms with Crippen LogP contribution in [0.25, 0.3) is 0 Å². The minimum atomic E-state index is 0.584. The van der Waals surface area contributed by atoms with E-state index in [1.165, 1.54) is 35.1 Å². The molecule has 0 N–H and O–H groups in total. The Morgan fingerprint density at radius 1 is 0.800 bits per heavy atom. The van der Waals surface area contributed by atoms with Gasteiger partial charge in [0, 0.05) is 5.92 Å². The zero-order valence-corrected chi connectivity index (χ0v) is 13.0. The third-order valence-electron chi connectivity index (χ3n) is 4.97. The molecular formula is C20H24. The van der Waals surface area contributed by atoms with Gasteiger partial charge in [0.1, 0.15) is 0 Å². The van der Waals surface area contributed by atoms with Gasteiger partial charge in [0.05, 0.1) is 0 Å². The molecule has 1 aliphatic carbocycles. The number of hydrogen-bond donors (Lipinski definition) is 0. The average Bonchev–Trinajstić information content (AvgIpc) is 2.43. The van der Waals surface area contributed by atoms with E-state index in [2.05, 4.69) is 64.1 Å². The molecule has 2 aromatic carbocycles. The van der Waals surface area contributed by atoms with Gasteiger partial charge in [-0.05, 0) is 67.3 Å². The smallest absolute Gasteiger partial charge is 0.00924 e. The molecule has 3 rings (SSSR count). The number of aryl methyl sites for hydroxylation is 3. The van der Waals surface area contributed by atoms with Crippen molar-refractivity contribution in [1.82, 2.24) is 0 Å². The Balaban J connectivity index is 2.08. The molecule has 0 amide bonds. The molecule has 0 spiro atoms. The zero-order valence-electron chi connectivity index (χ0n) is 13.0. The van der Waals surface area contributed by atoms with Crippen LogP contribution in [-0.4, -0.2) is 0 Å². The van der Waals surface area contributed by atoms with Crippen molar-refractivity contribution in [3.8, 4) is 0 Å². The van der Waals surface area contributed by atoms with Crippen molar-refractivity contribution in [2.75, 3.05) is 0 Å². The lowest BCUT2D eigenvalue weighted by Crippen LogP contribution is -2.14. The first-order valence-corrected chi connectivity index (χ1v) is 7.74. The standard InChI is InChI=1S/C20H24/c1-13-5-9-19-18(10-7-15(3)20(19)11-13)17-8-6-14(2)16(4)12-17/h5-6,8-9,11-12,15,18H,7,10H2,1-4H3. The lowest BCUT2D eigenvalue weighted by molar-refractivity contribution is 0.544. The maximum Gasteiger partial charge on any atom is 0.00924 e. The summed E-state index contributed by atoms with van der Waals surface area (Å²) >= 11 is 0. The molecule has 0 heteroatoms. The first-order valence-electron chi connectivity index (χ1n) is 7.74. The largest absolute Gasteiger partial charge is 0.0590 e. The zero-order chi connectivity index (χ0) is 14.3. The van der Waals surface area contributed by atoms with E-state index in [1.54, 1.807) is 11.1 Å². The Bertz CT molecular complexity index is 636. The highest BCUT2D eigenvalue weighted by Crippen LogP contribution is 2.42. The first kappa shape index (κ1) is 13.4. The second-order valence-electron chi connectivity index (χ2n) is 6.51. The Kier molecular flexibility index (Phi) is 3.41. The molecule has 0 fully saturated rings. The van der Waals surface area contributed by atoms with E-state index in [-0.39, 0.29) is 0 Å². The summed E-state index contributed by atoms with van der Waals surface area (Å²) in [6, 6.07) is 14.0. The predicted octanol–water partition coefficient (Wildman–Crippen LogP) is 5.64. The predicted molar refractivity (Wildman–Crippen MR) is 86.6 cm³/mol. The van der Waals surface area contributed by atoms with Crippen molar-refractivity contribution in [2.24, 2.45) is 0 Å². The minimum Gasteiger partial charge on any atom is -0.0590 e. The average molecular weight is 264 g/mol. The third-order valence-corrected chi connectivity index (χ3v) is 4.97. The van der Waals surface area contributed by atoms with Gasteiger partial charge in [-0.15, -0.1) is 0 Å². The summed E-state index contributed by atoms with van der Waals surface area (Å²) in [4.78, 5) is 0. The van der Waals surface area contributed by atoms with Gasteiger partial charge in [0.15, 0.2) is 0 Å². The number of fused-ring (bicyclic) bond motifs is 1. The van der Waals surface area contributed by atoms with Crippen molar-refractivity contribution in [1.29, 1.82) is 0 Å². The molecule has 1 aliphatic rings. The molecule has 0 saturated carbocycles. The van der Waals surface area contributed by atoms with Crippen LogP contribution in [0.2, 0.25) is 0 Å². The summed E-state index contributed by atoms with van der Waals surface area (Å²) in [5.41, 5.74) is 8.80. The quantitative estimate of drug-likeness (QED) is 0.625. The molecule has 0 saturated heterocycles. The topological polar surface area (TPSA) is 0 Å². The highest BCUT2D eigenvalue weighted by Gasteiger charge is 2.25. The Labute approximate surface area is 122 Å². The van der Waals surface area contributed by atoms with Gasteiger partial charge in [-0.25, -0.2) is 0 Å². The summed E-state index contributed by atoms with van der Waals surface area (Å²) < 4.78 is 0. The molecular weight excluding hydrogens is 240 g/mol. The van der Waals surface area contributed by atoms with Crippen molar-refractivity contribution >= 4 is 0 Å². The van der Waals surface area contributed by atoms with Gasteiger partial charge in [-0.2, -0.15) is 0 Å². The van der Waals surface area contributed by atoms with Crippen molar-refractivity contribution < 1.29 is 0 Å². The number of hydrogen-bond acceptors (Lipinski definition) is 0. The Morgan fingerprint density at radius 3 is 2.35 bits per heavy atom. The fraction of sp³-hybridized carbons (Fsp3) is 0.400. The minimum absolute atomic E-state index is 0.584. The number of benzene rings is 2. The molecule has 2 unspecified atom stereocenters.